The first-order valence-electron chi connectivity index (χ1n) is 2.94. The predicted octanol–water partition coefficient (Wildman–Crippen LogP) is 1.57. The Hall–Kier alpha value is -0.440. The lowest BCUT2D eigenvalue weighted by Crippen LogP contribution is -1.76. The third-order valence-electron chi connectivity index (χ3n) is 1.19. The highest BCUT2D eigenvalue weighted by atomic mass is 32.2. The first kappa shape index (κ1) is 6.68. The number of hydrogen-bond acceptors (Lipinski definition) is 2. The van der Waals surface area contributed by atoms with E-state index in [0.717, 1.165) is 12.1 Å². The Morgan fingerprint density at radius 1 is 1.78 bits per heavy atom. The fourth-order valence-corrected chi connectivity index (χ4v) is 0.996. The third-order valence-corrected chi connectivity index (χ3v) is 1.81. The van der Waals surface area contributed by atoms with Gasteiger partial charge in [0.2, 0.25) is 0 Å². The van der Waals surface area contributed by atoms with Gasteiger partial charge in [0.05, 0.1) is 5.69 Å². The fraction of sp³-hybridized carbons (Fsp3) is 0.500. The van der Waals surface area contributed by atoms with Crippen molar-refractivity contribution in [2.24, 2.45) is 0 Å². The number of hydrogen-bond donors (Lipinski definition) is 0. The van der Waals surface area contributed by atoms with Crippen LogP contribution in [0.5, 0.6) is 0 Å². The van der Waals surface area contributed by atoms with Crippen LogP contribution in [0.1, 0.15) is 12.6 Å². The van der Waals surface area contributed by atoms with E-state index in [9.17, 15) is 0 Å². The van der Waals surface area contributed by atoms with Crippen LogP contribution < -0.4 is 0 Å². The van der Waals surface area contributed by atoms with Gasteiger partial charge in [-0.25, -0.2) is 4.98 Å². The molecule has 0 amide bonds. The molecule has 0 aromatic carbocycles. The second-order valence-electron chi connectivity index (χ2n) is 1.76. The van der Waals surface area contributed by atoms with Gasteiger partial charge < -0.3 is 0 Å². The van der Waals surface area contributed by atoms with Crippen molar-refractivity contribution in [1.82, 2.24) is 8.96 Å². The highest BCUT2D eigenvalue weighted by molar-refractivity contribution is 7.97. The van der Waals surface area contributed by atoms with Crippen LogP contribution in [0.2, 0.25) is 0 Å². The summed E-state index contributed by atoms with van der Waals surface area (Å²) in [4.78, 5) is 4.15. The molecular formula is C6H10N2S. The predicted molar refractivity (Wildman–Crippen MR) is 40.5 cm³/mol. The molecule has 0 aliphatic carbocycles. The van der Waals surface area contributed by atoms with Gasteiger partial charge in [0.15, 0.2) is 0 Å². The quantitative estimate of drug-likeness (QED) is 0.623. The maximum Gasteiger partial charge on any atom is 0.105 e. The van der Waals surface area contributed by atoms with E-state index in [1.54, 1.807) is 11.9 Å². The largest absolute Gasteiger partial charge is 0.280 e. The molecule has 2 nitrogen and oxygen atoms in total. The van der Waals surface area contributed by atoms with E-state index in [2.05, 4.69) is 11.9 Å². The number of nitrogens with zero attached hydrogens (tertiary/aromatic N) is 2. The molecule has 0 unspecified atom stereocenters. The number of aromatic nitrogens is 2. The Kier molecular flexibility index (Phi) is 2.16. The molecule has 0 bridgehead atoms. The number of rotatable bonds is 2. The molecule has 0 atom stereocenters. The normalized spacial score (nSPS) is 10.0. The SMILES string of the molecule is CCc1cn(SC)cn1. The zero-order chi connectivity index (χ0) is 6.69. The molecule has 0 fully saturated rings. The second kappa shape index (κ2) is 2.92. The summed E-state index contributed by atoms with van der Waals surface area (Å²) >= 11 is 1.66. The minimum atomic E-state index is 1.02. The van der Waals surface area contributed by atoms with Crippen LogP contribution in [0, 0.1) is 0 Å². The van der Waals surface area contributed by atoms with Crippen LogP contribution >= 0.6 is 11.9 Å². The van der Waals surface area contributed by atoms with Gasteiger partial charge in [0.1, 0.15) is 6.33 Å². The van der Waals surface area contributed by atoms with Gasteiger partial charge in [-0.05, 0) is 18.4 Å². The molecule has 0 spiro atoms. The van der Waals surface area contributed by atoms with Gasteiger partial charge in [-0.2, -0.15) is 0 Å². The van der Waals surface area contributed by atoms with E-state index in [1.807, 2.05) is 22.8 Å². The second-order valence-corrected chi connectivity index (χ2v) is 2.55. The van der Waals surface area contributed by atoms with Crippen molar-refractivity contribution in [3.05, 3.63) is 18.2 Å². The van der Waals surface area contributed by atoms with Crippen molar-refractivity contribution in [3.63, 3.8) is 0 Å². The Labute approximate surface area is 59.4 Å². The van der Waals surface area contributed by atoms with E-state index >= 15 is 0 Å². The number of aryl methyl sites for hydroxylation is 1. The standard InChI is InChI=1S/C6H10N2S/c1-3-6-4-8(9-2)5-7-6/h4-5H,3H2,1-2H3. The first-order chi connectivity index (χ1) is 4.36. The first-order valence-corrected chi connectivity index (χ1v) is 4.12. The highest BCUT2D eigenvalue weighted by Crippen LogP contribution is 2.02. The van der Waals surface area contributed by atoms with Crippen molar-refractivity contribution in [1.29, 1.82) is 0 Å². The van der Waals surface area contributed by atoms with Crippen molar-refractivity contribution in [3.8, 4) is 0 Å². The lowest BCUT2D eigenvalue weighted by molar-refractivity contribution is 1.06. The zero-order valence-corrected chi connectivity index (χ0v) is 6.48. The van der Waals surface area contributed by atoms with Crippen molar-refractivity contribution >= 4 is 11.9 Å². The lowest BCUT2D eigenvalue weighted by Gasteiger charge is -1.88. The summed E-state index contributed by atoms with van der Waals surface area (Å²) in [5.41, 5.74) is 1.16. The van der Waals surface area contributed by atoms with Gasteiger partial charge in [-0.15, -0.1) is 0 Å². The van der Waals surface area contributed by atoms with Gasteiger partial charge in [-0.1, -0.05) is 6.92 Å². The Morgan fingerprint density at radius 2 is 2.56 bits per heavy atom. The molecule has 9 heavy (non-hydrogen) atoms. The van der Waals surface area contributed by atoms with Crippen molar-refractivity contribution < 1.29 is 0 Å². The van der Waals surface area contributed by atoms with Gasteiger partial charge >= 0.3 is 0 Å². The average molecular weight is 142 g/mol. The summed E-state index contributed by atoms with van der Waals surface area (Å²) in [5.74, 6) is 0. The summed E-state index contributed by atoms with van der Waals surface area (Å²) in [5, 5.41) is 0. The lowest BCUT2D eigenvalue weighted by atomic mass is 10.4. The Morgan fingerprint density at radius 3 is 2.89 bits per heavy atom. The summed E-state index contributed by atoms with van der Waals surface area (Å²) in [6.45, 7) is 2.10. The average Bonchev–Trinajstić information content (AvgIpc) is 2.34. The van der Waals surface area contributed by atoms with E-state index in [4.69, 9.17) is 0 Å². The van der Waals surface area contributed by atoms with Crippen molar-refractivity contribution in [2.45, 2.75) is 13.3 Å². The molecule has 50 valence electrons. The summed E-state index contributed by atoms with van der Waals surface area (Å²) in [7, 11) is 0. The molecule has 0 N–H and O–H groups in total. The van der Waals surface area contributed by atoms with Crippen LogP contribution in [0.25, 0.3) is 0 Å². The zero-order valence-electron chi connectivity index (χ0n) is 5.66. The minimum absolute atomic E-state index is 1.02. The topological polar surface area (TPSA) is 17.8 Å². The molecule has 1 heterocycles. The van der Waals surface area contributed by atoms with E-state index in [1.165, 1.54) is 0 Å². The molecule has 0 radical (unpaired) electrons. The summed E-state index contributed by atoms with van der Waals surface area (Å²) < 4.78 is 2.00. The van der Waals surface area contributed by atoms with Gasteiger partial charge in [-0.3, -0.25) is 3.97 Å². The highest BCUT2D eigenvalue weighted by Gasteiger charge is 1.91. The summed E-state index contributed by atoms with van der Waals surface area (Å²) in [6.07, 6.45) is 6.93. The van der Waals surface area contributed by atoms with Crippen molar-refractivity contribution in [2.75, 3.05) is 6.26 Å². The minimum Gasteiger partial charge on any atom is -0.280 e. The smallest absolute Gasteiger partial charge is 0.105 e. The molecule has 3 heteroatoms. The number of imidazole rings is 1. The maximum absolute atomic E-state index is 4.15. The molecule has 1 rings (SSSR count). The Bertz CT molecular complexity index is 164. The monoisotopic (exact) mass is 142 g/mol. The van der Waals surface area contributed by atoms with Crippen LogP contribution in [-0.2, 0) is 6.42 Å². The van der Waals surface area contributed by atoms with E-state index < -0.39 is 0 Å². The van der Waals surface area contributed by atoms with E-state index in [0.29, 0.717) is 0 Å². The summed E-state index contributed by atoms with van der Waals surface area (Å²) in [6, 6.07) is 0. The molecule has 0 aliphatic rings. The maximum atomic E-state index is 4.15. The van der Waals surface area contributed by atoms with E-state index in [-0.39, 0.29) is 0 Å². The van der Waals surface area contributed by atoms with Crippen LogP contribution in [0.15, 0.2) is 12.5 Å². The third kappa shape index (κ3) is 1.48. The van der Waals surface area contributed by atoms with Crippen LogP contribution in [0.3, 0.4) is 0 Å². The molecule has 1 aromatic rings. The molecule has 1 aromatic heterocycles. The molecule has 0 aliphatic heterocycles. The van der Waals surface area contributed by atoms with Gasteiger partial charge in [0, 0.05) is 12.5 Å². The van der Waals surface area contributed by atoms with Gasteiger partial charge in [0.25, 0.3) is 0 Å². The molecule has 0 saturated carbocycles. The molecular weight excluding hydrogens is 132 g/mol. The fourth-order valence-electron chi connectivity index (χ4n) is 0.627. The molecule has 0 saturated heterocycles. The van der Waals surface area contributed by atoms with Crippen LogP contribution in [0.4, 0.5) is 0 Å². The Balaban J connectivity index is 2.74. The van der Waals surface area contributed by atoms with Crippen LogP contribution in [-0.4, -0.2) is 15.2 Å².